The van der Waals surface area contributed by atoms with Gasteiger partial charge in [-0.3, -0.25) is 0 Å². The number of hydrogen-bond donors (Lipinski definition) is 1. The molecule has 2 aromatic rings. The predicted octanol–water partition coefficient (Wildman–Crippen LogP) is 1.84. The summed E-state index contributed by atoms with van der Waals surface area (Å²) in [5.74, 6) is -0.144. The fraction of sp³-hybridized carbons (Fsp3) is 0.333. The Hall–Kier alpha value is -2.04. The van der Waals surface area contributed by atoms with Crippen LogP contribution in [-0.2, 0) is 5.54 Å². The Balaban J connectivity index is 2.49. The highest BCUT2D eigenvalue weighted by Crippen LogP contribution is 2.19. The topological polar surface area (TPSA) is 74.1 Å². The van der Waals surface area contributed by atoms with Crippen molar-refractivity contribution in [2.75, 3.05) is 5.73 Å². The third kappa shape index (κ3) is 2.22. The van der Waals surface area contributed by atoms with Gasteiger partial charge in [0.1, 0.15) is 0 Å². The zero-order chi connectivity index (χ0) is 12.6. The van der Waals surface area contributed by atoms with Crippen molar-refractivity contribution < 1.29 is 4.42 Å². The van der Waals surface area contributed by atoms with Crippen LogP contribution in [0.4, 0.5) is 5.69 Å². The minimum Gasteiger partial charge on any atom is -0.399 e. The third-order valence-corrected chi connectivity index (χ3v) is 2.34. The molecule has 0 saturated carbocycles. The molecule has 5 nitrogen and oxygen atoms in total. The van der Waals surface area contributed by atoms with E-state index >= 15 is 0 Å². The maximum Gasteiger partial charge on any atom is 0.437 e. The molecule has 0 bridgehead atoms. The van der Waals surface area contributed by atoms with Crippen molar-refractivity contribution in [3.63, 3.8) is 0 Å². The van der Waals surface area contributed by atoms with Crippen LogP contribution in [0.5, 0.6) is 0 Å². The molecule has 2 rings (SSSR count). The van der Waals surface area contributed by atoms with Gasteiger partial charge in [-0.2, -0.15) is 4.68 Å². The number of nitrogens with zero attached hydrogens (tertiary/aromatic N) is 2. The lowest BCUT2D eigenvalue weighted by atomic mass is 10.1. The SMILES string of the molecule is CC(C)(C)n1nc(-c2ccc(N)cc2)oc1=O. The highest BCUT2D eigenvalue weighted by atomic mass is 16.4. The van der Waals surface area contributed by atoms with Gasteiger partial charge >= 0.3 is 5.76 Å². The predicted molar refractivity (Wildman–Crippen MR) is 65.6 cm³/mol. The van der Waals surface area contributed by atoms with Crippen LogP contribution in [0.2, 0.25) is 0 Å². The smallest absolute Gasteiger partial charge is 0.399 e. The van der Waals surface area contributed by atoms with Crippen LogP contribution >= 0.6 is 0 Å². The van der Waals surface area contributed by atoms with E-state index in [0.29, 0.717) is 11.6 Å². The van der Waals surface area contributed by atoms with Gasteiger partial charge in [0.25, 0.3) is 0 Å². The number of rotatable bonds is 1. The molecule has 1 aromatic heterocycles. The standard InChI is InChI=1S/C12H15N3O2/c1-12(2,3)15-11(16)17-10(14-15)8-4-6-9(13)7-5-8/h4-7H,13H2,1-3H3. The summed E-state index contributed by atoms with van der Waals surface area (Å²) in [4.78, 5) is 11.6. The van der Waals surface area contributed by atoms with Gasteiger partial charge in [-0.05, 0) is 45.0 Å². The van der Waals surface area contributed by atoms with Crippen LogP contribution in [0.25, 0.3) is 11.5 Å². The average molecular weight is 233 g/mol. The fourth-order valence-corrected chi connectivity index (χ4v) is 1.44. The molecule has 0 saturated heterocycles. The van der Waals surface area contributed by atoms with E-state index in [4.69, 9.17) is 10.2 Å². The molecule has 2 N–H and O–H groups in total. The molecule has 0 spiro atoms. The zero-order valence-corrected chi connectivity index (χ0v) is 10.1. The van der Waals surface area contributed by atoms with E-state index in [1.165, 1.54) is 4.68 Å². The van der Waals surface area contributed by atoms with Crippen molar-refractivity contribution >= 4 is 5.69 Å². The molecule has 0 radical (unpaired) electrons. The van der Waals surface area contributed by atoms with Crippen LogP contribution < -0.4 is 11.5 Å². The quantitative estimate of drug-likeness (QED) is 0.763. The summed E-state index contributed by atoms with van der Waals surface area (Å²) in [6, 6.07) is 7.03. The molecule has 17 heavy (non-hydrogen) atoms. The van der Waals surface area contributed by atoms with Gasteiger partial charge in [-0.25, -0.2) is 4.79 Å². The molecule has 0 atom stereocenters. The Morgan fingerprint density at radius 2 is 1.82 bits per heavy atom. The van der Waals surface area contributed by atoms with E-state index in [2.05, 4.69) is 5.10 Å². The lowest BCUT2D eigenvalue weighted by molar-refractivity contribution is 0.325. The molecular weight excluding hydrogens is 218 g/mol. The van der Waals surface area contributed by atoms with Gasteiger partial charge in [0, 0.05) is 11.3 Å². The van der Waals surface area contributed by atoms with Crippen molar-refractivity contribution in [2.24, 2.45) is 0 Å². The van der Waals surface area contributed by atoms with Gasteiger partial charge < -0.3 is 10.2 Å². The summed E-state index contributed by atoms with van der Waals surface area (Å²) in [5, 5.41) is 4.18. The Labute approximate surface area is 98.9 Å². The van der Waals surface area contributed by atoms with Crippen LogP contribution in [0.15, 0.2) is 33.5 Å². The molecule has 0 amide bonds. The summed E-state index contributed by atoms with van der Waals surface area (Å²) in [6.45, 7) is 5.68. The Bertz CT molecular complexity index is 573. The molecule has 1 heterocycles. The Morgan fingerprint density at radius 1 is 1.24 bits per heavy atom. The average Bonchev–Trinajstić information content (AvgIpc) is 2.61. The van der Waals surface area contributed by atoms with Crippen LogP contribution in [0.3, 0.4) is 0 Å². The van der Waals surface area contributed by atoms with Crippen molar-refractivity contribution in [3.8, 4) is 11.5 Å². The van der Waals surface area contributed by atoms with Crippen LogP contribution in [0.1, 0.15) is 20.8 Å². The van der Waals surface area contributed by atoms with Crippen molar-refractivity contribution in [3.05, 3.63) is 34.8 Å². The second-order valence-corrected chi connectivity index (χ2v) is 4.88. The Morgan fingerprint density at radius 3 is 2.29 bits per heavy atom. The summed E-state index contributed by atoms with van der Waals surface area (Å²) < 4.78 is 6.45. The molecule has 0 unspecified atom stereocenters. The molecule has 5 heteroatoms. The fourth-order valence-electron chi connectivity index (χ4n) is 1.44. The zero-order valence-electron chi connectivity index (χ0n) is 10.1. The minimum atomic E-state index is -0.454. The molecule has 1 aromatic carbocycles. The molecule has 0 aliphatic heterocycles. The number of aromatic nitrogens is 2. The normalized spacial score (nSPS) is 11.7. The monoisotopic (exact) mass is 233 g/mol. The first-order valence-electron chi connectivity index (χ1n) is 5.34. The number of nitrogens with two attached hydrogens (primary N) is 1. The molecule has 0 fully saturated rings. The summed E-state index contributed by atoms with van der Waals surface area (Å²) in [5.41, 5.74) is 6.59. The number of benzene rings is 1. The first-order chi connectivity index (χ1) is 7.88. The van der Waals surface area contributed by atoms with E-state index in [1.54, 1.807) is 24.3 Å². The van der Waals surface area contributed by atoms with Gasteiger partial charge in [-0.1, -0.05) is 0 Å². The van der Waals surface area contributed by atoms with E-state index in [-0.39, 0.29) is 0 Å². The molecule has 90 valence electrons. The van der Waals surface area contributed by atoms with E-state index in [0.717, 1.165) is 5.56 Å². The summed E-state index contributed by atoms with van der Waals surface area (Å²) in [7, 11) is 0. The number of nitrogen functional groups attached to an aromatic ring is 1. The molecular formula is C12H15N3O2. The van der Waals surface area contributed by atoms with Gasteiger partial charge in [0.2, 0.25) is 5.89 Å². The van der Waals surface area contributed by atoms with Gasteiger partial charge in [0.05, 0.1) is 5.54 Å². The first-order valence-corrected chi connectivity index (χ1v) is 5.34. The molecule has 0 aliphatic rings. The minimum absolute atomic E-state index is 0.310. The first kappa shape index (κ1) is 11.4. The lowest BCUT2D eigenvalue weighted by Gasteiger charge is -2.15. The lowest BCUT2D eigenvalue weighted by Crippen LogP contribution is -2.32. The maximum atomic E-state index is 11.6. The highest BCUT2D eigenvalue weighted by Gasteiger charge is 2.20. The third-order valence-electron chi connectivity index (χ3n) is 2.34. The van der Waals surface area contributed by atoms with Crippen LogP contribution in [-0.4, -0.2) is 9.78 Å². The largest absolute Gasteiger partial charge is 0.437 e. The second kappa shape index (κ2) is 3.76. The summed E-state index contributed by atoms with van der Waals surface area (Å²) in [6.07, 6.45) is 0. The van der Waals surface area contributed by atoms with E-state index < -0.39 is 11.3 Å². The van der Waals surface area contributed by atoms with Crippen molar-refractivity contribution in [1.82, 2.24) is 9.78 Å². The van der Waals surface area contributed by atoms with Gasteiger partial charge in [0.15, 0.2) is 0 Å². The number of anilines is 1. The van der Waals surface area contributed by atoms with E-state index in [9.17, 15) is 4.79 Å². The van der Waals surface area contributed by atoms with Crippen LogP contribution in [0, 0.1) is 0 Å². The second-order valence-electron chi connectivity index (χ2n) is 4.88. The molecule has 0 aliphatic carbocycles. The van der Waals surface area contributed by atoms with Crippen molar-refractivity contribution in [1.29, 1.82) is 0 Å². The van der Waals surface area contributed by atoms with Gasteiger partial charge in [-0.15, -0.1) is 5.10 Å². The van der Waals surface area contributed by atoms with E-state index in [1.807, 2.05) is 20.8 Å². The number of hydrogen-bond acceptors (Lipinski definition) is 4. The highest BCUT2D eigenvalue weighted by molar-refractivity contribution is 5.56. The summed E-state index contributed by atoms with van der Waals surface area (Å²) >= 11 is 0. The Kier molecular flexibility index (Phi) is 2.53. The maximum absolute atomic E-state index is 11.6. The van der Waals surface area contributed by atoms with Crippen molar-refractivity contribution in [2.45, 2.75) is 26.3 Å².